The molecule has 0 bridgehead atoms. The van der Waals surface area contributed by atoms with Gasteiger partial charge in [-0.1, -0.05) is 33.7 Å². The largest absolute Gasteiger partial charge is 0.497 e. The first-order valence-corrected chi connectivity index (χ1v) is 26.6. The van der Waals surface area contributed by atoms with Gasteiger partial charge in [-0.3, -0.25) is 62.5 Å². The molecule has 1 aromatic carbocycles. The van der Waals surface area contributed by atoms with Crippen LogP contribution in [0, 0.1) is 0 Å². The lowest BCUT2D eigenvalue weighted by Gasteiger charge is -2.30. The lowest BCUT2D eigenvalue weighted by atomic mass is 10.0. The zero-order chi connectivity index (χ0) is 56.5. The van der Waals surface area contributed by atoms with Gasteiger partial charge >= 0.3 is 5.97 Å². The number of aliphatic imine (C=N–C) groups is 1. The molecule has 29 nitrogen and oxygen atoms in total. The van der Waals surface area contributed by atoms with Crippen LogP contribution < -0.4 is 75.9 Å². The highest BCUT2D eigenvalue weighted by molar-refractivity contribution is 8.76. The fraction of sp³-hybridized carbons (Fsp3) is 0.578. The third-order valence-electron chi connectivity index (χ3n) is 11.6. The van der Waals surface area contributed by atoms with Gasteiger partial charge in [-0.05, 0) is 69.2 Å². The molecule has 11 amide bonds. The van der Waals surface area contributed by atoms with Crippen LogP contribution in [0.5, 0.6) is 5.75 Å². The molecule has 2 aliphatic rings. The Balaban J connectivity index is 2.11. The van der Waals surface area contributed by atoms with Crippen molar-refractivity contribution in [3.8, 4) is 5.75 Å². The second kappa shape index (κ2) is 32.1. The Hall–Kier alpha value is -7.41. The summed E-state index contributed by atoms with van der Waals surface area (Å²) in [6.45, 7) is 0.482. The van der Waals surface area contributed by atoms with Crippen LogP contribution in [0.1, 0.15) is 70.3 Å². The number of aliphatic carboxylic acids is 1. The van der Waals surface area contributed by atoms with E-state index in [9.17, 15) is 62.6 Å². The Bertz CT molecular complexity index is 2290. The average Bonchev–Trinajstić information content (AvgIpc) is 3.85. The molecule has 3 rings (SSSR count). The molecule has 2 fully saturated rings. The van der Waals surface area contributed by atoms with Crippen molar-refractivity contribution in [2.45, 2.75) is 119 Å². The van der Waals surface area contributed by atoms with Crippen molar-refractivity contribution in [2.24, 2.45) is 33.7 Å². The van der Waals surface area contributed by atoms with Gasteiger partial charge in [0.05, 0.1) is 26.5 Å². The molecule has 2 heterocycles. The highest BCUT2D eigenvalue weighted by Gasteiger charge is 2.40. The molecule has 420 valence electrons. The zero-order valence-corrected chi connectivity index (χ0v) is 43.7. The minimum absolute atomic E-state index is 0.00190. The molecule has 8 atom stereocenters. The first-order valence-electron chi connectivity index (χ1n) is 24.1. The van der Waals surface area contributed by atoms with Crippen LogP contribution in [0.25, 0.3) is 0 Å². The second-order valence-corrected chi connectivity index (χ2v) is 20.2. The summed E-state index contributed by atoms with van der Waals surface area (Å²) in [4.78, 5) is 166. The maximum absolute atomic E-state index is 14.3. The molecule has 1 aromatic rings. The summed E-state index contributed by atoms with van der Waals surface area (Å²) < 4.78 is 5.22. The summed E-state index contributed by atoms with van der Waals surface area (Å²) in [6, 6.07) is -5.54. The predicted molar refractivity (Wildman–Crippen MR) is 277 cm³/mol. The Morgan fingerprint density at radius 1 is 0.737 bits per heavy atom. The van der Waals surface area contributed by atoms with Crippen molar-refractivity contribution in [1.29, 1.82) is 0 Å². The van der Waals surface area contributed by atoms with E-state index in [4.69, 9.17) is 33.4 Å². The van der Waals surface area contributed by atoms with E-state index in [0.29, 0.717) is 30.6 Å². The number of nitrogens with zero attached hydrogens (tertiary/aromatic N) is 2. The first-order chi connectivity index (χ1) is 36.0. The second-order valence-electron chi connectivity index (χ2n) is 17.6. The van der Waals surface area contributed by atoms with Gasteiger partial charge in [0.15, 0.2) is 5.96 Å². The predicted octanol–water partition coefficient (Wildman–Crippen LogP) is -5.83. The fourth-order valence-electron chi connectivity index (χ4n) is 7.78. The van der Waals surface area contributed by atoms with E-state index in [0.717, 1.165) is 33.4 Å². The van der Waals surface area contributed by atoms with E-state index in [1.807, 2.05) is 0 Å². The van der Waals surface area contributed by atoms with Crippen molar-refractivity contribution in [3.05, 3.63) is 29.8 Å². The quantitative estimate of drug-likeness (QED) is 0.0299. The number of unbranched alkanes of at least 4 members (excludes halogenated alkanes) is 1. The molecule has 0 unspecified atom stereocenters. The van der Waals surface area contributed by atoms with E-state index >= 15 is 0 Å². The zero-order valence-electron chi connectivity index (χ0n) is 42.1. The number of primary amides is 2. The number of guanidine groups is 1. The van der Waals surface area contributed by atoms with Crippen LogP contribution in [0.4, 0.5) is 0 Å². The minimum Gasteiger partial charge on any atom is -0.497 e. The van der Waals surface area contributed by atoms with Gasteiger partial charge in [-0.25, -0.2) is 0 Å². The number of ether oxygens (including phenoxy) is 1. The molecule has 0 radical (unpaired) electrons. The summed E-state index contributed by atoms with van der Waals surface area (Å²) in [5.41, 5.74) is 28.3. The third kappa shape index (κ3) is 21.8. The number of rotatable bonds is 17. The SMILES string of the molecule is COc1ccc(C[C@@H]2NC(=O)[C@H](CC(=O)O)NC(=O)CNC(=O)[C@H](CCCCN)NC(=O)[C@@H]3CCCN3C(=O)[C@H](CC(N)=O)NC(=O)[C@@H](NC(C)=O)CSSC[C@@H](C(N)=O)NC(=O)[C@H](CCCN=C(N)N)NC2=O)cc1. The number of hydrogen-bond donors (Lipinski definition) is 14. The van der Waals surface area contributed by atoms with Crippen molar-refractivity contribution >= 4 is 98.5 Å². The molecular weight excluding hydrogens is 1040 g/mol. The van der Waals surface area contributed by atoms with Crippen molar-refractivity contribution < 1.29 is 67.4 Å². The summed E-state index contributed by atoms with van der Waals surface area (Å²) in [5, 5.41) is 29.5. The van der Waals surface area contributed by atoms with Crippen molar-refractivity contribution in [1.82, 2.24) is 47.4 Å². The van der Waals surface area contributed by atoms with Gasteiger partial charge < -0.3 is 85.9 Å². The van der Waals surface area contributed by atoms with E-state index in [2.05, 4.69) is 47.5 Å². The van der Waals surface area contributed by atoms with Gasteiger partial charge in [0.2, 0.25) is 65.0 Å². The molecule has 2 aliphatic heterocycles. The highest BCUT2D eigenvalue weighted by atomic mass is 33.1. The Labute approximate surface area is 445 Å². The third-order valence-corrected chi connectivity index (χ3v) is 14.0. The maximum atomic E-state index is 14.3. The van der Waals surface area contributed by atoms with Gasteiger partial charge in [0.25, 0.3) is 0 Å². The number of carboxylic acids is 1. The standard InChI is InChI=1S/C45H69N15O14S2/c1-23(61)53-32-22-76-75-21-31(37(48)66)59-39(68)27(8-5-15-51-45(49)50)55-40(69)28(17-24-10-12-25(74-2)13-11-24)57-41(70)29(19-36(64)65)54-35(63)20-52-38(67)26(7-3-4-14-46)56-43(72)33-9-6-16-60(33)44(73)30(18-34(47)62)58-42(32)71/h10-13,26-33H,3-9,14-22,46H2,1-2H3,(H2,47,62)(H2,48,66)(H,52,67)(H,53,61)(H,54,63)(H,55,69)(H,56,72)(H,57,70)(H,58,71)(H,59,68)(H,64,65)(H4,49,50,51)/t26-,27-,28-,29-,30-,31-,32-,33-/m0/s1. The minimum atomic E-state index is -1.85. The number of benzene rings is 1. The van der Waals surface area contributed by atoms with Gasteiger partial charge in [-0.2, -0.15) is 0 Å². The van der Waals surface area contributed by atoms with Crippen LogP contribution in [0.15, 0.2) is 29.3 Å². The van der Waals surface area contributed by atoms with Crippen LogP contribution >= 0.6 is 21.6 Å². The Kier molecular flexibility index (Phi) is 26.6. The van der Waals surface area contributed by atoms with Gasteiger partial charge in [-0.15, -0.1) is 0 Å². The normalized spacial score (nSPS) is 24.2. The molecule has 2 saturated heterocycles. The molecule has 0 spiro atoms. The van der Waals surface area contributed by atoms with Gasteiger partial charge in [0, 0.05) is 37.9 Å². The highest BCUT2D eigenvalue weighted by Crippen LogP contribution is 2.24. The van der Waals surface area contributed by atoms with E-state index in [-0.39, 0.29) is 69.2 Å². The number of nitrogens with one attached hydrogen (secondary N) is 8. The maximum Gasteiger partial charge on any atom is 0.305 e. The molecule has 76 heavy (non-hydrogen) atoms. The van der Waals surface area contributed by atoms with Crippen LogP contribution in [-0.4, -0.2) is 180 Å². The lowest BCUT2D eigenvalue weighted by molar-refractivity contribution is -0.143. The topological polar surface area (TPSA) is 476 Å². The fourth-order valence-corrected chi connectivity index (χ4v) is 10.1. The first kappa shape index (κ1) is 62.9. The average molecular weight is 1110 g/mol. The smallest absolute Gasteiger partial charge is 0.305 e. The number of carbonyl (C=O) groups is 12. The van der Waals surface area contributed by atoms with Crippen LogP contribution in [0.2, 0.25) is 0 Å². The van der Waals surface area contributed by atoms with Crippen LogP contribution in [0.3, 0.4) is 0 Å². The lowest BCUT2D eigenvalue weighted by Crippen LogP contribution is -2.59. The summed E-state index contributed by atoms with van der Waals surface area (Å²) in [6.07, 6.45) is -0.938. The Morgan fingerprint density at radius 3 is 1.96 bits per heavy atom. The molecule has 0 aliphatic carbocycles. The van der Waals surface area contributed by atoms with Crippen LogP contribution in [-0.2, 0) is 64.0 Å². The summed E-state index contributed by atoms with van der Waals surface area (Å²) in [7, 11) is 3.31. The summed E-state index contributed by atoms with van der Waals surface area (Å²) in [5.74, 6) is -12.1. The number of carbonyl (C=O) groups excluding carboxylic acids is 11. The summed E-state index contributed by atoms with van der Waals surface area (Å²) >= 11 is 0. The molecule has 31 heteroatoms. The number of nitrogens with two attached hydrogens (primary N) is 5. The number of carboxylic acid groups (broad SMARTS) is 1. The molecule has 0 saturated carbocycles. The van der Waals surface area contributed by atoms with Gasteiger partial charge in [0.1, 0.15) is 54.1 Å². The monoisotopic (exact) mass is 1110 g/mol. The molecular formula is C45H69N15O14S2. The number of amides is 11. The molecule has 19 N–H and O–H groups in total. The number of hydrogen-bond acceptors (Lipinski definition) is 17. The van der Waals surface area contributed by atoms with Crippen molar-refractivity contribution in [3.63, 3.8) is 0 Å². The molecule has 0 aromatic heterocycles. The van der Waals surface area contributed by atoms with E-state index < -0.39 is 139 Å². The van der Waals surface area contributed by atoms with E-state index in [1.165, 1.54) is 7.11 Å². The van der Waals surface area contributed by atoms with Crippen molar-refractivity contribution in [2.75, 3.05) is 44.8 Å². The number of fused-ring (bicyclic) bond motifs is 1. The van der Waals surface area contributed by atoms with E-state index in [1.54, 1.807) is 24.3 Å². The Morgan fingerprint density at radius 2 is 1.34 bits per heavy atom. The number of methoxy groups -OCH3 is 1.